The maximum atomic E-state index is 13.8. The van der Waals surface area contributed by atoms with Gasteiger partial charge in [0.2, 0.25) is 0 Å². The van der Waals surface area contributed by atoms with Gasteiger partial charge >= 0.3 is 0 Å². The highest BCUT2D eigenvalue weighted by atomic mass is 35.5. The average molecular weight is 501 g/mol. The number of aromatic nitrogens is 2. The maximum absolute atomic E-state index is 13.8. The van der Waals surface area contributed by atoms with Crippen molar-refractivity contribution in [3.63, 3.8) is 0 Å². The molecular formula is C25H23Cl2FN4O2. The average Bonchev–Trinajstić information content (AvgIpc) is 3.17. The van der Waals surface area contributed by atoms with Crippen molar-refractivity contribution in [1.82, 2.24) is 19.6 Å². The largest absolute Gasteiger partial charge is 0.331 e. The van der Waals surface area contributed by atoms with Crippen molar-refractivity contribution < 1.29 is 14.0 Å². The number of nitrogens with zero attached hydrogens (tertiary/aromatic N) is 4. The zero-order chi connectivity index (χ0) is 24.1. The van der Waals surface area contributed by atoms with E-state index in [4.69, 9.17) is 28.3 Å². The van der Waals surface area contributed by atoms with Gasteiger partial charge in [0.15, 0.2) is 0 Å². The number of rotatable bonds is 3. The van der Waals surface area contributed by atoms with Crippen LogP contribution in [0, 0.1) is 5.82 Å². The molecule has 3 aromatic rings. The van der Waals surface area contributed by atoms with Crippen LogP contribution in [0.4, 0.5) is 4.39 Å². The Labute approximate surface area is 206 Å². The molecule has 2 aliphatic rings. The van der Waals surface area contributed by atoms with E-state index in [1.807, 2.05) is 19.9 Å². The Morgan fingerprint density at radius 2 is 1.94 bits per heavy atom. The first kappa shape index (κ1) is 22.9. The summed E-state index contributed by atoms with van der Waals surface area (Å²) in [5.74, 6) is -0.667. The minimum Gasteiger partial charge on any atom is -0.331 e. The van der Waals surface area contributed by atoms with Crippen LogP contribution in [0.1, 0.15) is 57.6 Å². The SMILES string of the molecule is CC(c1cccc(F)c1)N1CCn2nc3c(c2C1=O)CN(C(=O)c1ccc(Cl)c(Cl)c1)[C@H](C)C3. The molecule has 1 aromatic heterocycles. The Morgan fingerprint density at radius 1 is 1.15 bits per heavy atom. The molecule has 2 amide bonds. The van der Waals surface area contributed by atoms with Crippen LogP contribution < -0.4 is 0 Å². The van der Waals surface area contributed by atoms with Crippen LogP contribution in [0.5, 0.6) is 0 Å². The van der Waals surface area contributed by atoms with Gasteiger partial charge in [-0.25, -0.2) is 4.39 Å². The van der Waals surface area contributed by atoms with Crippen LogP contribution in [0.25, 0.3) is 0 Å². The number of amides is 2. The Morgan fingerprint density at radius 3 is 2.68 bits per heavy atom. The van der Waals surface area contributed by atoms with Crippen LogP contribution >= 0.6 is 23.2 Å². The number of fused-ring (bicyclic) bond motifs is 3. The van der Waals surface area contributed by atoms with Gasteiger partial charge in [-0.15, -0.1) is 0 Å². The monoisotopic (exact) mass is 500 g/mol. The van der Waals surface area contributed by atoms with E-state index in [9.17, 15) is 14.0 Å². The van der Waals surface area contributed by atoms with E-state index in [0.717, 1.165) is 16.8 Å². The first-order valence-corrected chi connectivity index (χ1v) is 11.9. The summed E-state index contributed by atoms with van der Waals surface area (Å²) in [6.45, 7) is 5.16. The molecule has 0 N–H and O–H groups in total. The second-order valence-corrected chi connectivity index (χ2v) is 9.66. The summed E-state index contributed by atoms with van der Waals surface area (Å²) in [4.78, 5) is 30.4. The third kappa shape index (κ3) is 3.87. The molecule has 2 aliphatic heterocycles. The minimum atomic E-state index is -0.332. The molecular weight excluding hydrogens is 478 g/mol. The summed E-state index contributed by atoms with van der Waals surface area (Å²) in [5.41, 5.74) is 3.30. The Bertz CT molecular complexity index is 1310. The normalized spacial score (nSPS) is 18.5. The highest BCUT2D eigenvalue weighted by molar-refractivity contribution is 6.42. The van der Waals surface area contributed by atoms with Gasteiger partial charge in [0, 0.05) is 30.1 Å². The van der Waals surface area contributed by atoms with Gasteiger partial charge < -0.3 is 9.80 Å². The van der Waals surface area contributed by atoms with E-state index < -0.39 is 0 Å². The lowest BCUT2D eigenvalue weighted by molar-refractivity contribution is 0.0604. The zero-order valence-corrected chi connectivity index (χ0v) is 20.3. The predicted molar refractivity (Wildman–Crippen MR) is 128 cm³/mol. The molecule has 5 rings (SSSR count). The molecule has 176 valence electrons. The van der Waals surface area contributed by atoms with Crippen molar-refractivity contribution in [1.29, 1.82) is 0 Å². The maximum Gasteiger partial charge on any atom is 0.273 e. The van der Waals surface area contributed by atoms with Gasteiger partial charge in [-0.2, -0.15) is 5.10 Å². The van der Waals surface area contributed by atoms with Crippen molar-refractivity contribution in [3.8, 4) is 0 Å². The third-order valence-corrected chi connectivity index (χ3v) is 7.46. The lowest BCUT2D eigenvalue weighted by atomic mass is 9.97. The zero-order valence-electron chi connectivity index (χ0n) is 18.8. The van der Waals surface area contributed by atoms with Crippen molar-refractivity contribution in [3.05, 3.63) is 86.4 Å². The summed E-state index contributed by atoms with van der Waals surface area (Å²) in [6.07, 6.45) is 0.551. The van der Waals surface area contributed by atoms with Gasteiger partial charge in [0.05, 0.1) is 34.9 Å². The number of carbonyl (C=O) groups is 2. The van der Waals surface area contributed by atoms with Gasteiger partial charge in [-0.05, 0) is 49.7 Å². The number of benzene rings is 2. The summed E-state index contributed by atoms with van der Waals surface area (Å²) in [6, 6.07) is 10.8. The molecule has 0 saturated heterocycles. The molecule has 1 unspecified atom stereocenters. The van der Waals surface area contributed by atoms with E-state index in [2.05, 4.69) is 0 Å². The molecule has 2 aromatic carbocycles. The fourth-order valence-corrected chi connectivity index (χ4v) is 5.12. The fourth-order valence-electron chi connectivity index (χ4n) is 4.82. The van der Waals surface area contributed by atoms with Crippen LogP contribution in [0.3, 0.4) is 0 Å². The van der Waals surface area contributed by atoms with Gasteiger partial charge in [0.1, 0.15) is 11.5 Å². The molecule has 0 fully saturated rings. The Kier molecular flexibility index (Phi) is 5.86. The molecule has 6 nitrogen and oxygen atoms in total. The smallest absolute Gasteiger partial charge is 0.273 e. The third-order valence-electron chi connectivity index (χ3n) is 6.73. The van der Waals surface area contributed by atoms with E-state index in [-0.39, 0.29) is 36.3 Å². The van der Waals surface area contributed by atoms with Crippen molar-refractivity contribution in [2.75, 3.05) is 6.54 Å². The summed E-state index contributed by atoms with van der Waals surface area (Å²) in [5, 5.41) is 5.40. The fraction of sp³-hybridized carbons (Fsp3) is 0.320. The standard InChI is InChI=1S/C25H23Cl2FN4O2/c1-14-10-22-19(13-31(14)24(33)17-6-7-20(26)21(27)12-17)23-25(34)30(8-9-32(23)29-22)15(2)16-4-3-5-18(28)11-16/h3-7,11-12,14-15H,8-10,13H2,1-2H3/t14-,15?/m1/s1. The molecule has 2 atom stereocenters. The van der Waals surface area contributed by atoms with E-state index in [1.54, 1.807) is 38.7 Å². The van der Waals surface area contributed by atoms with Gasteiger partial charge in [-0.1, -0.05) is 35.3 Å². The molecule has 3 heterocycles. The van der Waals surface area contributed by atoms with Crippen molar-refractivity contribution >= 4 is 35.0 Å². The molecule has 34 heavy (non-hydrogen) atoms. The molecule has 0 aliphatic carbocycles. The molecule has 0 spiro atoms. The first-order chi connectivity index (χ1) is 16.2. The second-order valence-electron chi connectivity index (χ2n) is 8.84. The molecule has 9 heteroatoms. The van der Waals surface area contributed by atoms with Crippen molar-refractivity contribution in [2.45, 2.75) is 45.4 Å². The van der Waals surface area contributed by atoms with Crippen LogP contribution in [0.15, 0.2) is 42.5 Å². The molecule has 0 saturated carbocycles. The van der Waals surface area contributed by atoms with E-state index >= 15 is 0 Å². The van der Waals surface area contributed by atoms with E-state index in [1.165, 1.54) is 12.1 Å². The number of hydrogen-bond donors (Lipinski definition) is 0. The highest BCUT2D eigenvalue weighted by Gasteiger charge is 2.38. The number of carbonyl (C=O) groups excluding carboxylic acids is 2. The molecule has 0 radical (unpaired) electrons. The predicted octanol–water partition coefficient (Wildman–Crippen LogP) is 5.13. The highest BCUT2D eigenvalue weighted by Crippen LogP contribution is 2.33. The Hall–Kier alpha value is -2.90. The first-order valence-electron chi connectivity index (χ1n) is 11.2. The van der Waals surface area contributed by atoms with E-state index in [0.29, 0.717) is 40.8 Å². The van der Waals surface area contributed by atoms with Crippen LogP contribution in [0.2, 0.25) is 10.0 Å². The number of halogens is 3. The lowest BCUT2D eigenvalue weighted by Crippen LogP contribution is -2.44. The van der Waals surface area contributed by atoms with Crippen molar-refractivity contribution in [2.24, 2.45) is 0 Å². The second kappa shape index (κ2) is 8.71. The van der Waals surface area contributed by atoms with Crippen LogP contribution in [-0.2, 0) is 19.5 Å². The summed E-state index contributed by atoms with van der Waals surface area (Å²) in [7, 11) is 0. The summed E-state index contributed by atoms with van der Waals surface area (Å²) >= 11 is 12.1. The molecule has 0 bridgehead atoms. The number of hydrogen-bond acceptors (Lipinski definition) is 3. The minimum absolute atomic E-state index is 0.0937. The van der Waals surface area contributed by atoms with Gasteiger partial charge in [-0.3, -0.25) is 14.3 Å². The quantitative estimate of drug-likeness (QED) is 0.500. The Balaban J connectivity index is 1.45. The van der Waals surface area contributed by atoms with Gasteiger partial charge in [0.25, 0.3) is 11.8 Å². The lowest BCUT2D eigenvalue weighted by Gasteiger charge is -2.35. The summed E-state index contributed by atoms with van der Waals surface area (Å²) < 4.78 is 15.5. The topological polar surface area (TPSA) is 58.4 Å². The van der Waals surface area contributed by atoms with Crippen LogP contribution in [-0.4, -0.2) is 44.0 Å².